The van der Waals surface area contributed by atoms with Gasteiger partial charge in [0.25, 0.3) is 5.24 Å². The van der Waals surface area contributed by atoms with E-state index < -0.39 is 6.04 Å². The normalized spacial score (nSPS) is 16.8. The van der Waals surface area contributed by atoms with Crippen molar-refractivity contribution in [3.8, 4) is 5.75 Å². The lowest BCUT2D eigenvalue weighted by atomic mass is 10.1. The molecule has 1 amide bonds. The molecule has 1 aromatic heterocycles. The number of benzene rings is 1. The van der Waals surface area contributed by atoms with Gasteiger partial charge < -0.3 is 15.4 Å². The fraction of sp³-hybridized carbons (Fsp3) is 0.250. The highest BCUT2D eigenvalue weighted by Gasteiger charge is 2.31. The van der Waals surface area contributed by atoms with E-state index in [1.807, 2.05) is 24.3 Å². The molecular weight excluding hydrogens is 328 g/mol. The number of carbonyl (C=O) groups excluding carboxylic acids is 2. The lowest BCUT2D eigenvalue weighted by Gasteiger charge is -2.10. The summed E-state index contributed by atoms with van der Waals surface area (Å²) in [6, 6.07) is 8.80. The summed E-state index contributed by atoms with van der Waals surface area (Å²) in [6.07, 6.45) is 3.83. The molecule has 2 heterocycles. The third-order valence-corrected chi connectivity index (χ3v) is 4.14. The molecule has 1 saturated heterocycles. The van der Waals surface area contributed by atoms with Crippen LogP contribution in [0.2, 0.25) is 0 Å². The van der Waals surface area contributed by atoms with E-state index in [0.717, 1.165) is 23.1 Å². The summed E-state index contributed by atoms with van der Waals surface area (Å²) in [5.74, 6) is 1.31. The molecule has 0 radical (unpaired) electrons. The number of aromatic nitrogens is 2. The van der Waals surface area contributed by atoms with Gasteiger partial charge in [-0.2, -0.15) is 0 Å². The van der Waals surface area contributed by atoms with Gasteiger partial charge in [0.05, 0.1) is 6.54 Å². The van der Waals surface area contributed by atoms with Gasteiger partial charge in [-0.25, -0.2) is 9.97 Å². The number of hydrogen-bond acceptors (Lipinski definition) is 7. The summed E-state index contributed by atoms with van der Waals surface area (Å²) in [7, 11) is 0. The first-order valence-corrected chi connectivity index (χ1v) is 8.27. The predicted molar refractivity (Wildman–Crippen MR) is 91.1 cm³/mol. The lowest BCUT2D eigenvalue weighted by molar-refractivity contribution is -0.112. The predicted octanol–water partition coefficient (Wildman–Crippen LogP) is 1.86. The van der Waals surface area contributed by atoms with Crippen LogP contribution in [0.3, 0.4) is 0 Å². The SMILES string of the molecule is O=C1NC(Cc2ccc(OCCNc3ncccn3)cc2)C(=O)S1. The van der Waals surface area contributed by atoms with E-state index >= 15 is 0 Å². The number of nitrogens with zero attached hydrogens (tertiary/aromatic N) is 2. The maximum atomic E-state index is 11.6. The molecule has 0 aliphatic carbocycles. The number of ether oxygens (including phenoxy) is 1. The van der Waals surface area contributed by atoms with Gasteiger partial charge in [-0.05, 0) is 23.8 Å². The molecular formula is C16H16N4O3S. The molecule has 2 aromatic rings. The number of rotatable bonds is 7. The number of hydrogen-bond donors (Lipinski definition) is 2. The van der Waals surface area contributed by atoms with Gasteiger partial charge in [0.2, 0.25) is 11.1 Å². The molecule has 1 atom stereocenters. The minimum absolute atomic E-state index is 0.130. The second kappa shape index (κ2) is 7.78. The molecule has 1 fully saturated rings. The van der Waals surface area contributed by atoms with Gasteiger partial charge in [0.1, 0.15) is 18.4 Å². The van der Waals surface area contributed by atoms with Gasteiger partial charge >= 0.3 is 0 Å². The molecule has 1 aliphatic heterocycles. The minimum atomic E-state index is -0.440. The van der Waals surface area contributed by atoms with Gasteiger partial charge in [-0.15, -0.1) is 0 Å². The molecule has 124 valence electrons. The average Bonchev–Trinajstić information content (AvgIpc) is 2.91. The fourth-order valence-electron chi connectivity index (χ4n) is 2.21. The third kappa shape index (κ3) is 4.45. The van der Waals surface area contributed by atoms with Crippen LogP contribution in [0.4, 0.5) is 10.7 Å². The van der Waals surface area contributed by atoms with E-state index in [1.54, 1.807) is 18.5 Å². The van der Waals surface area contributed by atoms with E-state index in [4.69, 9.17) is 4.74 Å². The average molecular weight is 344 g/mol. The summed E-state index contributed by atoms with van der Waals surface area (Å²) in [4.78, 5) is 30.9. The van der Waals surface area contributed by atoms with Gasteiger partial charge in [-0.1, -0.05) is 12.1 Å². The Labute approximate surface area is 143 Å². The first-order valence-electron chi connectivity index (χ1n) is 7.45. The van der Waals surface area contributed by atoms with Crippen LogP contribution in [0.1, 0.15) is 5.56 Å². The summed E-state index contributed by atoms with van der Waals surface area (Å²) in [5.41, 5.74) is 0.972. The highest BCUT2D eigenvalue weighted by molar-refractivity contribution is 8.26. The molecule has 1 aromatic carbocycles. The van der Waals surface area contributed by atoms with Gasteiger partial charge in [-0.3, -0.25) is 9.59 Å². The fourth-order valence-corrected chi connectivity index (χ4v) is 2.88. The molecule has 24 heavy (non-hydrogen) atoms. The molecule has 0 spiro atoms. The Morgan fingerprint density at radius 2 is 1.92 bits per heavy atom. The molecule has 1 unspecified atom stereocenters. The monoisotopic (exact) mass is 344 g/mol. The molecule has 3 rings (SSSR count). The van der Waals surface area contributed by atoms with Crippen molar-refractivity contribution in [1.82, 2.24) is 15.3 Å². The summed E-state index contributed by atoms with van der Waals surface area (Å²) >= 11 is 0.732. The van der Waals surface area contributed by atoms with Crippen molar-refractivity contribution in [2.45, 2.75) is 12.5 Å². The number of thioether (sulfide) groups is 1. The van der Waals surface area contributed by atoms with Crippen LogP contribution in [-0.2, 0) is 11.2 Å². The van der Waals surface area contributed by atoms with Crippen LogP contribution in [-0.4, -0.2) is 39.5 Å². The maximum absolute atomic E-state index is 11.6. The maximum Gasteiger partial charge on any atom is 0.287 e. The van der Waals surface area contributed by atoms with Crippen LogP contribution in [0.5, 0.6) is 5.75 Å². The van der Waals surface area contributed by atoms with E-state index in [1.165, 1.54) is 0 Å². The van der Waals surface area contributed by atoms with E-state index in [2.05, 4.69) is 20.6 Å². The van der Waals surface area contributed by atoms with Crippen molar-refractivity contribution in [2.75, 3.05) is 18.5 Å². The van der Waals surface area contributed by atoms with E-state index in [0.29, 0.717) is 25.5 Å². The van der Waals surface area contributed by atoms with E-state index in [-0.39, 0.29) is 10.4 Å². The molecule has 0 saturated carbocycles. The minimum Gasteiger partial charge on any atom is -0.492 e. The second-order valence-electron chi connectivity index (χ2n) is 5.10. The Kier molecular flexibility index (Phi) is 5.27. The highest BCUT2D eigenvalue weighted by atomic mass is 32.2. The zero-order valence-electron chi connectivity index (χ0n) is 12.8. The number of nitrogens with one attached hydrogen (secondary N) is 2. The topological polar surface area (TPSA) is 93.2 Å². The lowest BCUT2D eigenvalue weighted by Crippen LogP contribution is -2.30. The number of amides is 1. The van der Waals surface area contributed by atoms with Crippen molar-refractivity contribution in [1.29, 1.82) is 0 Å². The van der Waals surface area contributed by atoms with Crippen molar-refractivity contribution in [2.24, 2.45) is 0 Å². The molecule has 1 aliphatic rings. The number of anilines is 1. The van der Waals surface area contributed by atoms with Crippen LogP contribution in [0.15, 0.2) is 42.7 Å². The van der Waals surface area contributed by atoms with Crippen LogP contribution in [0.25, 0.3) is 0 Å². The Bertz CT molecular complexity index is 709. The Hall–Kier alpha value is -2.61. The third-order valence-electron chi connectivity index (χ3n) is 3.35. The number of carbonyl (C=O) groups is 2. The standard InChI is InChI=1S/C16H16N4O3S/c21-14-13(20-16(22)24-14)10-11-2-4-12(5-3-11)23-9-8-19-15-17-6-1-7-18-15/h1-7,13H,8-10H2,(H,20,22)(H,17,18,19). The summed E-state index contributed by atoms with van der Waals surface area (Å²) in [6.45, 7) is 1.07. The smallest absolute Gasteiger partial charge is 0.287 e. The zero-order chi connectivity index (χ0) is 16.8. The quantitative estimate of drug-likeness (QED) is 0.741. The van der Waals surface area contributed by atoms with Crippen molar-refractivity contribution in [3.05, 3.63) is 48.3 Å². The van der Waals surface area contributed by atoms with Crippen LogP contribution < -0.4 is 15.4 Å². The first kappa shape index (κ1) is 16.3. The van der Waals surface area contributed by atoms with Crippen molar-refractivity contribution in [3.63, 3.8) is 0 Å². The Morgan fingerprint density at radius 3 is 2.58 bits per heavy atom. The van der Waals surface area contributed by atoms with E-state index in [9.17, 15) is 9.59 Å². The Morgan fingerprint density at radius 1 is 1.17 bits per heavy atom. The molecule has 8 heteroatoms. The largest absolute Gasteiger partial charge is 0.492 e. The summed E-state index contributed by atoms with van der Waals surface area (Å²) in [5, 5.41) is 5.30. The molecule has 7 nitrogen and oxygen atoms in total. The summed E-state index contributed by atoms with van der Waals surface area (Å²) < 4.78 is 5.63. The zero-order valence-corrected chi connectivity index (χ0v) is 13.6. The highest BCUT2D eigenvalue weighted by Crippen LogP contribution is 2.20. The van der Waals surface area contributed by atoms with Gasteiger partial charge in [0.15, 0.2) is 0 Å². The second-order valence-corrected chi connectivity index (χ2v) is 6.08. The van der Waals surface area contributed by atoms with Crippen molar-refractivity contribution >= 4 is 28.1 Å². The van der Waals surface area contributed by atoms with Crippen LogP contribution >= 0.6 is 11.8 Å². The van der Waals surface area contributed by atoms with Gasteiger partial charge in [0, 0.05) is 30.6 Å². The molecule has 2 N–H and O–H groups in total. The first-order chi connectivity index (χ1) is 11.7. The molecule has 0 bridgehead atoms. The van der Waals surface area contributed by atoms with Crippen LogP contribution in [0, 0.1) is 0 Å². The van der Waals surface area contributed by atoms with Crippen molar-refractivity contribution < 1.29 is 14.3 Å². The Balaban J connectivity index is 1.43.